The van der Waals surface area contributed by atoms with Gasteiger partial charge in [0.15, 0.2) is 0 Å². The number of hydrogen-bond acceptors (Lipinski definition) is 4. The summed E-state index contributed by atoms with van der Waals surface area (Å²) in [6, 6.07) is -0.298. The van der Waals surface area contributed by atoms with Gasteiger partial charge in [0, 0.05) is 12.5 Å². The van der Waals surface area contributed by atoms with E-state index in [2.05, 4.69) is 10.1 Å². The van der Waals surface area contributed by atoms with Gasteiger partial charge in [-0.15, -0.1) is 0 Å². The quantitative estimate of drug-likeness (QED) is 0.438. The molecule has 0 aromatic carbocycles. The van der Waals surface area contributed by atoms with E-state index in [1.165, 1.54) is 7.41 Å². The van der Waals surface area contributed by atoms with E-state index in [1.54, 1.807) is 4.90 Å². The van der Waals surface area contributed by atoms with Gasteiger partial charge in [-0.1, -0.05) is 0 Å². The molecular weight excluding hydrogens is 329 g/mol. The number of aliphatic hydroxyl groups is 1. The second-order valence-electron chi connectivity index (χ2n) is 9.60. The van der Waals surface area contributed by atoms with Crippen LogP contribution in [0.2, 0.25) is 0 Å². The second-order valence-corrected chi connectivity index (χ2v) is 9.60. The minimum absolute atomic E-state index is 0.0281. The summed E-state index contributed by atoms with van der Waals surface area (Å²) in [6.07, 6.45) is 7.48. The Morgan fingerprint density at radius 2 is 2.00 bits per heavy atom. The molecule has 137 valence electrons. The molecule has 5 aliphatic carbocycles. The van der Waals surface area contributed by atoms with Crippen molar-refractivity contribution in [3.05, 3.63) is 11.4 Å². The lowest BCUT2D eigenvalue weighted by atomic mass is 9.45. The van der Waals surface area contributed by atoms with Crippen molar-refractivity contribution in [1.82, 2.24) is 10.1 Å². The Kier molecular flexibility index (Phi) is 3.58. The zero-order chi connectivity index (χ0) is 18.1. The molecule has 0 spiro atoms. The van der Waals surface area contributed by atoms with Crippen molar-refractivity contribution >= 4 is 19.5 Å². The maximum atomic E-state index is 13.6. The van der Waals surface area contributed by atoms with Gasteiger partial charge in [0.2, 0.25) is 5.91 Å². The van der Waals surface area contributed by atoms with Crippen LogP contribution in [0.1, 0.15) is 51.4 Å². The fourth-order valence-corrected chi connectivity index (χ4v) is 7.27. The number of carbonyl (C=O) groups excluding carboxylic acids is 2. The van der Waals surface area contributed by atoms with E-state index in [4.69, 9.17) is 6.57 Å². The summed E-state index contributed by atoms with van der Waals surface area (Å²) in [7, 11) is 1.33. The smallest absolute Gasteiger partial charge is 0.301 e. The molecule has 0 aromatic rings. The first-order valence-corrected chi connectivity index (χ1v) is 9.91. The molecule has 6 fully saturated rings. The number of hydrogen-bond donors (Lipinski definition) is 2. The van der Waals surface area contributed by atoms with Crippen molar-refractivity contribution in [3.8, 4) is 0 Å². The summed E-state index contributed by atoms with van der Waals surface area (Å²) < 4.78 is 0. The Morgan fingerprint density at radius 1 is 1.27 bits per heavy atom. The third kappa shape index (κ3) is 2.38. The molecule has 1 saturated heterocycles. The maximum absolute atomic E-state index is 13.6. The molecule has 2 N–H and O–H groups in total. The highest BCUT2D eigenvalue weighted by Gasteiger charge is 2.64. The molecule has 1 heterocycles. The van der Waals surface area contributed by atoms with E-state index >= 15 is 0 Å². The Hall–Kier alpha value is -1.39. The fourth-order valence-electron chi connectivity index (χ4n) is 7.27. The predicted octanol–water partition coefficient (Wildman–Crippen LogP) is 0.951. The number of nitrogens with one attached hydrogen (secondary N) is 1. The van der Waals surface area contributed by atoms with E-state index in [9.17, 15) is 14.7 Å². The van der Waals surface area contributed by atoms with Crippen LogP contribution < -0.4 is 5.23 Å². The van der Waals surface area contributed by atoms with Crippen molar-refractivity contribution in [2.45, 2.75) is 75.2 Å². The molecule has 6 rings (SSSR count). The van der Waals surface area contributed by atoms with Gasteiger partial charge < -0.3 is 15.1 Å². The SMILES string of the molecule is [C-]#[N+][C@@H]1C[C@@H]2CC2N1C(=O)[C@@H](N[B]C=O)C12CC3CC(CC(O)(C3)C1)C2. The highest BCUT2D eigenvalue weighted by molar-refractivity contribution is 6.64. The second kappa shape index (κ2) is 5.56. The van der Waals surface area contributed by atoms with Crippen LogP contribution in [0.15, 0.2) is 0 Å². The van der Waals surface area contributed by atoms with Crippen molar-refractivity contribution in [3.63, 3.8) is 0 Å². The van der Waals surface area contributed by atoms with E-state index in [0.717, 1.165) is 44.9 Å². The first-order chi connectivity index (χ1) is 12.5. The van der Waals surface area contributed by atoms with Gasteiger partial charge in [-0.2, -0.15) is 0 Å². The number of carbonyl (C=O) groups is 2. The summed E-state index contributed by atoms with van der Waals surface area (Å²) in [6.45, 7) is 7.47. The van der Waals surface area contributed by atoms with Crippen molar-refractivity contribution < 1.29 is 14.7 Å². The summed E-state index contributed by atoms with van der Waals surface area (Å²) in [4.78, 5) is 30.1. The number of piperidine rings is 1. The zero-order valence-electron chi connectivity index (χ0n) is 14.9. The topological polar surface area (TPSA) is 74.0 Å². The summed E-state index contributed by atoms with van der Waals surface area (Å²) in [5.74, 6) is 1.39. The number of amides is 1. The minimum atomic E-state index is -0.655. The molecule has 4 bridgehead atoms. The highest BCUT2D eigenvalue weighted by atomic mass is 16.3. The highest BCUT2D eigenvalue weighted by Crippen LogP contribution is 2.63. The molecule has 7 heteroatoms. The van der Waals surface area contributed by atoms with Gasteiger partial charge in [0.25, 0.3) is 7.41 Å². The van der Waals surface area contributed by atoms with Gasteiger partial charge in [-0.3, -0.25) is 14.5 Å². The average molecular weight is 354 g/mol. The standard InChI is InChI=1S/C19H25BN3O3/c1-21-15-4-13-3-14(13)23(15)17(25)16(22-20-10-24)18-5-11-2-12(6-18)8-19(26,7-11)9-18/h10-16,22,26H,2-9H2/t11?,12?,13-,14?,15-,16+,18?,19?/m0/s1. The van der Waals surface area contributed by atoms with Crippen LogP contribution in [0.3, 0.4) is 0 Å². The average Bonchev–Trinajstić information content (AvgIpc) is 3.22. The molecule has 1 aliphatic heterocycles. The monoisotopic (exact) mass is 354 g/mol. The molecule has 0 aromatic heterocycles. The first kappa shape index (κ1) is 16.8. The predicted molar refractivity (Wildman–Crippen MR) is 95.2 cm³/mol. The molecule has 3 unspecified atom stereocenters. The first-order valence-electron chi connectivity index (χ1n) is 9.91. The zero-order valence-corrected chi connectivity index (χ0v) is 14.9. The third-order valence-corrected chi connectivity index (χ3v) is 7.75. The Balaban J connectivity index is 1.47. The largest absolute Gasteiger partial charge is 0.390 e. The van der Waals surface area contributed by atoms with E-state index in [-0.39, 0.29) is 23.5 Å². The fraction of sp³-hybridized carbons (Fsp3) is 0.842. The minimum Gasteiger partial charge on any atom is -0.390 e. The summed E-state index contributed by atoms with van der Waals surface area (Å²) in [5.41, 5.74) is -0.952. The van der Waals surface area contributed by atoms with Crippen molar-refractivity contribution in [1.29, 1.82) is 0 Å². The molecule has 1 amide bonds. The molecule has 6 atom stereocenters. The normalized spacial score (nSPS) is 48.6. The third-order valence-electron chi connectivity index (χ3n) is 7.75. The number of nitrogens with zero attached hydrogens (tertiary/aromatic N) is 2. The van der Waals surface area contributed by atoms with Crippen LogP contribution in [-0.4, -0.2) is 53.4 Å². The van der Waals surface area contributed by atoms with E-state index in [1.807, 2.05) is 0 Å². The van der Waals surface area contributed by atoms with Gasteiger partial charge in [-0.05, 0) is 68.1 Å². The molecular formula is C19H25BN3O3. The molecule has 1 radical (unpaired) electrons. The van der Waals surface area contributed by atoms with E-state index < -0.39 is 11.6 Å². The van der Waals surface area contributed by atoms with Gasteiger partial charge >= 0.3 is 6.17 Å². The lowest BCUT2D eigenvalue weighted by molar-refractivity contribution is -0.179. The molecule has 6 aliphatic rings. The summed E-state index contributed by atoms with van der Waals surface area (Å²) in [5, 5.41) is 14.2. The van der Waals surface area contributed by atoms with Crippen LogP contribution >= 0.6 is 0 Å². The van der Waals surface area contributed by atoms with Crippen LogP contribution in [0.4, 0.5) is 0 Å². The maximum Gasteiger partial charge on any atom is 0.301 e. The molecule has 6 nitrogen and oxygen atoms in total. The molecule has 5 saturated carbocycles. The van der Waals surface area contributed by atoms with Crippen molar-refractivity contribution in [2.75, 3.05) is 0 Å². The Bertz CT molecular complexity index is 678. The van der Waals surface area contributed by atoms with Gasteiger partial charge in [0.1, 0.15) is 0 Å². The van der Waals surface area contributed by atoms with Crippen LogP contribution in [0, 0.1) is 29.7 Å². The molecule has 26 heavy (non-hydrogen) atoms. The number of fused-ring (bicyclic) bond motifs is 1. The van der Waals surface area contributed by atoms with Crippen molar-refractivity contribution in [2.24, 2.45) is 23.2 Å². The number of rotatable bonds is 5. The Labute approximate surface area is 154 Å². The number of likely N-dealkylation sites (tertiary alicyclic amines) is 1. The van der Waals surface area contributed by atoms with E-state index in [0.29, 0.717) is 30.4 Å². The lowest BCUT2D eigenvalue weighted by Gasteiger charge is -2.62. The van der Waals surface area contributed by atoms with Crippen LogP contribution in [-0.2, 0) is 9.59 Å². The summed E-state index contributed by atoms with van der Waals surface area (Å²) >= 11 is 0. The Morgan fingerprint density at radius 3 is 2.62 bits per heavy atom. The van der Waals surface area contributed by atoms with Crippen LogP contribution in [0.25, 0.3) is 4.85 Å². The lowest BCUT2D eigenvalue weighted by Crippen LogP contribution is -2.66. The van der Waals surface area contributed by atoms with Gasteiger partial charge in [-0.25, -0.2) is 6.57 Å². The van der Waals surface area contributed by atoms with Gasteiger partial charge in [0.05, 0.1) is 17.8 Å². The van der Waals surface area contributed by atoms with Crippen LogP contribution in [0.5, 0.6) is 0 Å².